The molecule has 0 radical (unpaired) electrons. The first kappa shape index (κ1) is 21.4. The second-order valence-corrected chi connectivity index (χ2v) is 9.02. The fourth-order valence-corrected chi connectivity index (χ4v) is 4.93. The first-order chi connectivity index (χ1) is 16.1. The second-order valence-electron chi connectivity index (χ2n) is 9.02. The average Bonchev–Trinajstić information content (AvgIpc) is 3.22. The molecule has 2 aliphatic heterocycles. The standard InChI is InChI=1S/C25H31N7O/c1-19-17-20(2)32(28-19)24-11-10-23(26-27-24)31-12-6-7-21(18-31)25(33)30-15-13-29(14-16-30)22-8-4-3-5-9-22/h3-5,8-11,17,21H,6-7,12-16,18H2,1-2H3. The number of nitrogens with zero attached hydrogens (tertiary/aromatic N) is 7. The SMILES string of the molecule is Cc1cc(C)n(-c2ccc(N3CCCC(C(=O)N4CCN(c5ccccc5)CC4)C3)nn2)n1. The molecule has 33 heavy (non-hydrogen) atoms. The molecular weight excluding hydrogens is 414 g/mol. The van der Waals surface area contributed by atoms with Crippen molar-refractivity contribution in [1.29, 1.82) is 0 Å². The van der Waals surface area contributed by atoms with E-state index in [0.717, 1.165) is 62.8 Å². The monoisotopic (exact) mass is 445 g/mol. The van der Waals surface area contributed by atoms with Crippen molar-refractivity contribution < 1.29 is 4.79 Å². The molecule has 0 bridgehead atoms. The number of benzene rings is 1. The van der Waals surface area contributed by atoms with E-state index in [1.54, 1.807) is 0 Å². The largest absolute Gasteiger partial charge is 0.368 e. The number of carbonyl (C=O) groups is 1. The van der Waals surface area contributed by atoms with Gasteiger partial charge in [0.15, 0.2) is 11.6 Å². The van der Waals surface area contributed by atoms with Crippen LogP contribution < -0.4 is 9.80 Å². The van der Waals surface area contributed by atoms with Gasteiger partial charge in [0.05, 0.1) is 11.6 Å². The van der Waals surface area contributed by atoms with Crippen LogP contribution in [0.3, 0.4) is 0 Å². The predicted molar refractivity (Wildman–Crippen MR) is 129 cm³/mol. The van der Waals surface area contributed by atoms with Crippen molar-refractivity contribution >= 4 is 17.4 Å². The maximum absolute atomic E-state index is 13.3. The summed E-state index contributed by atoms with van der Waals surface area (Å²) in [7, 11) is 0. The molecular formula is C25H31N7O. The first-order valence-electron chi connectivity index (χ1n) is 11.8. The number of para-hydroxylation sites is 1. The van der Waals surface area contributed by atoms with Crippen LogP contribution in [-0.2, 0) is 4.79 Å². The third kappa shape index (κ3) is 4.55. The Balaban J connectivity index is 1.20. The molecule has 5 rings (SSSR count). The molecule has 0 spiro atoms. The molecule has 1 atom stereocenters. The molecule has 2 aromatic heterocycles. The van der Waals surface area contributed by atoms with E-state index < -0.39 is 0 Å². The third-order valence-electron chi connectivity index (χ3n) is 6.67. The van der Waals surface area contributed by atoms with Gasteiger partial charge in [-0.25, -0.2) is 4.68 Å². The van der Waals surface area contributed by atoms with E-state index in [4.69, 9.17) is 0 Å². The van der Waals surface area contributed by atoms with Crippen molar-refractivity contribution in [3.05, 3.63) is 59.9 Å². The molecule has 8 nitrogen and oxygen atoms in total. The van der Waals surface area contributed by atoms with Crippen LogP contribution in [0.1, 0.15) is 24.2 Å². The number of aromatic nitrogens is 4. The Morgan fingerprint density at radius 2 is 1.61 bits per heavy atom. The Morgan fingerprint density at radius 1 is 0.879 bits per heavy atom. The van der Waals surface area contributed by atoms with Crippen molar-refractivity contribution in [2.75, 3.05) is 49.1 Å². The highest BCUT2D eigenvalue weighted by Crippen LogP contribution is 2.24. The number of rotatable bonds is 4. The van der Waals surface area contributed by atoms with Gasteiger partial charge in [-0.3, -0.25) is 4.79 Å². The summed E-state index contributed by atoms with van der Waals surface area (Å²) in [5, 5.41) is 13.3. The second kappa shape index (κ2) is 9.21. The summed E-state index contributed by atoms with van der Waals surface area (Å²) in [4.78, 5) is 19.9. The Kier molecular flexibility index (Phi) is 5.98. The zero-order chi connectivity index (χ0) is 22.8. The van der Waals surface area contributed by atoms with Gasteiger partial charge >= 0.3 is 0 Å². The van der Waals surface area contributed by atoms with Crippen molar-refractivity contribution in [2.24, 2.45) is 5.92 Å². The topological polar surface area (TPSA) is 70.4 Å². The van der Waals surface area contributed by atoms with Gasteiger partial charge in [-0.15, -0.1) is 10.2 Å². The molecule has 0 saturated carbocycles. The van der Waals surface area contributed by atoms with Crippen LogP contribution in [0.15, 0.2) is 48.5 Å². The summed E-state index contributed by atoms with van der Waals surface area (Å²) >= 11 is 0. The van der Waals surface area contributed by atoms with Crippen LogP contribution in [0.4, 0.5) is 11.5 Å². The summed E-state index contributed by atoms with van der Waals surface area (Å²) in [5.74, 6) is 1.83. The zero-order valence-electron chi connectivity index (χ0n) is 19.4. The molecule has 0 N–H and O–H groups in total. The van der Waals surface area contributed by atoms with Crippen LogP contribution in [-0.4, -0.2) is 70.1 Å². The molecule has 3 aromatic rings. The highest BCUT2D eigenvalue weighted by molar-refractivity contribution is 5.80. The predicted octanol–water partition coefficient (Wildman–Crippen LogP) is 2.84. The summed E-state index contributed by atoms with van der Waals surface area (Å²) in [6.07, 6.45) is 1.92. The molecule has 8 heteroatoms. The van der Waals surface area contributed by atoms with Gasteiger partial charge in [0.1, 0.15) is 0 Å². The summed E-state index contributed by atoms with van der Waals surface area (Å²) in [6, 6.07) is 16.4. The first-order valence-corrected chi connectivity index (χ1v) is 11.8. The Bertz CT molecular complexity index is 1090. The van der Waals surface area contributed by atoms with Gasteiger partial charge in [0.2, 0.25) is 5.91 Å². The van der Waals surface area contributed by atoms with Gasteiger partial charge < -0.3 is 14.7 Å². The van der Waals surface area contributed by atoms with E-state index in [1.807, 2.05) is 47.7 Å². The van der Waals surface area contributed by atoms with Crippen LogP contribution in [0.5, 0.6) is 0 Å². The van der Waals surface area contributed by atoms with Crippen LogP contribution in [0, 0.1) is 19.8 Å². The lowest BCUT2D eigenvalue weighted by Crippen LogP contribution is -2.52. The molecule has 0 aliphatic carbocycles. The van der Waals surface area contributed by atoms with Gasteiger partial charge in [0.25, 0.3) is 0 Å². The fraction of sp³-hybridized carbons (Fsp3) is 0.440. The van der Waals surface area contributed by atoms with Gasteiger partial charge in [-0.2, -0.15) is 5.10 Å². The number of piperidine rings is 1. The summed E-state index contributed by atoms with van der Waals surface area (Å²) < 4.78 is 1.81. The maximum Gasteiger partial charge on any atom is 0.227 e. The number of piperazine rings is 1. The van der Waals surface area contributed by atoms with Gasteiger partial charge in [0, 0.05) is 50.6 Å². The minimum absolute atomic E-state index is 0.0134. The minimum atomic E-state index is 0.0134. The lowest BCUT2D eigenvalue weighted by Gasteiger charge is -2.40. The Labute approximate surface area is 194 Å². The molecule has 1 amide bonds. The number of carbonyl (C=O) groups excluding carboxylic acids is 1. The third-order valence-corrected chi connectivity index (χ3v) is 6.67. The molecule has 1 unspecified atom stereocenters. The van der Waals surface area contributed by atoms with E-state index in [9.17, 15) is 4.79 Å². The molecule has 2 aliphatic rings. The normalized spacial score (nSPS) is 19.1. The molecule has 172 valence electrons. The minimum Gasteiger partial charge on any atom is -0.368 e. The number of amides is 1. The average molecular weight is 446 g/mol. The molecule has 4 heterocycles. The zero-order valence-corrected chi connectivity index (χ0v) is 19.4. The smallest absolute Gasteiger partial charge is 0.227 e. The van der Waals surface area contributed by atoms with Gasteiger partial charge in [-0.1, -0.05) is 18.2 Å². The van der Waals surface area contributed by atoms with E-state index in [2.05, 4.69) is 49.4 Å². The molecule has 2 fully saturated rings. The molecule has 2 saturated heterocycles. The maximum atomic E-state index is 13.3. The van der Waals surface area contributed by atoms with Crippen molar-refractivity contribution in [1.82, 2.24) is 24.9 Å². The number of aryl methyl sites for hydroxylation is 2. The van der Waals surface area contributed by atoms with E-state index in [1.165, 1.54) is 5.69 Å². The van der Waals surface area contributed by atoms with Crippen molar-refractivity contribution in [2.45, 2.75) is 26.7 Å². The Morgan fingerprint density at radius 3 is 2.27 bits per heavy atom. The van der Waals surface area contributed by atoms with Crippen molar-refractivity contribution in [3.8, 4) is 5.82 Å². The lowest BCUT2D eigenvalue weighted by molar-refractivity contribution is -0.136. The summed E-state index contributed by atoms with van der Waals surface area (Å²) in [5.41, 5.74) is 3.22. The van der Waals surface area contributed by atoms with Crippen LogP contribution in [0.2, 0.25) is 0 Å². The van der Waals surface area contributed by atoms with Crippen LogP contribution >= 0.6 is 0 Å². The fourth-order valence-electron chi connectivity index (χ4n) is 4.93. The van der Waals surface area contributed by atoms with Crippen LogP contribution in [0.25, 0.3) is 5.82 Å². The van der Waals surface area contributed by atoms with E-state index in [0.29, 0.717) is 12.4 Å². The summed E-state index contributed by atoms with van der Waals surface area (Å²) in [6.45, 7) is 8.90. The Hall–Kier alpha value is -3.42. The molecule has 1 aromatic carbocycles. The lowest BCUT2D eigenvalue weighted by atomic mass is 9.96. The highest BCUT2D eigenvalue weighted by Gasteiger charge is 2.31. The van der Waals surface area contributed by atoms with Gasteiger partial charge in [-0.05, 0) is 57.0 Å². The number of hydrogen-bond acceptors (Lipinski definition) is 6. The quantitative estimate of drug-likeness (QED) is 0.615. The van der Waals surface area contributed by atoms with Crippen molar-refractivity contribution in [3.63, 3.8) is 0 Å². The number of anilines is 2. The number of hydrogen-bond donors (Lipinski definition) is 0. The highest BCUT2D eigenvalue weighted by atomic mass is 16.2. The van der Waals surface area contributed by atoms with E-state index in [-0.39, 0.29) is 11.8 Å². The van der Waals surface area contributed by atoms with E-state index >= 15 is 0 Å².